The van der Waals surface area contributed by atoms with Gasteiger partial charge in [-0.1, -0.05) is 6.92 Å². The van der Waals surface area contributed by atoms with Gasteiger partial charge in [-0.25, -0.2) is 0 Å². The topological polar surface area (TPSA) is 64.4 Å². The molecule has 1 aliphatic carbocycles. The van der Waals surface area contributed by atoms with Gasteiger partial charge in [0, 0.05) is 19.2 Å². The molecule has 1 saturated carbocycles. The standard InChI is InChI=1S/C15H28N2O2/c1-11-5-6-14(16)13(10-11)15(18)17-8-7-12-4-2-3-9-19-12/h11-14H,2-10,16H2,1H3,(H,17,18). The van der Waals surface area contributed by atoms with Crippen LogP contribution in [0.3, 0.4) is 0 Å². The highest BCUT2D eigenvalue weighted by molar-refractivity contribution is 5.79. The minimum absolute atomic E-state index is 0.0102. The van der Waals surface area contributed by atoms with Crippen LogP contribution in [0.15, 0.2) is 0 Å². The molecule has 2 aliphatic rings. The monoisotopic (exact) mass is 268 g/mol. The Morgan fingerprint density at radius 2 is 2.16 bits per heavy atom. The van der Waals surface area contributed by atoms with E-state index in [0.717, 1.165) is 45.3 Å². The normalized spacial score (nSPS) is 35.9. The van der Waals surface area contributed by atoms with Crippen molar-refractivity contribution in [3.63, 3.8) is 0 Å². The Balaban J connectivity index is 1.68. The van der Waals surface area contributed by atoms with Gasteiger partial charge in [-0.05, 0) is 50.9 Å². The second-order valence-electron chi connectivity index (χ2n) is 6.26. The summed E-state index contributed by atoms with van der Waals surface area (Å²) < 4.78 is 5.67. The molecule has 2 fully saturated rings. The molecule has 0 aromatic rings. The number of nitrogens with two attached hydrogens (primary N) is 1. The lowest BCUT2D eigenvalue weighted by atomic mass is 9.79. The Morgan fingerprint density at radius 1 is 1.32 bits per heavy atom. The number of ether oxygens (including phenoxy) is 1. The van der Waals surface area contributed by atoms with Crippen LogP contribution < -0.4 is 11.1 Å². The Bertz CT molecular complexity index is 290. The molecule has 4 atom stereocenters. The highest BCUT2D eigenvalue weighted by atomic mass is 16.5. The highest BCUT2D eigenvalue weighted by Crippen LogP contribution is 2.28. The predicted molar refractivity (Wildman–Crippen MR) is 75.7 cm³/mol. The van der Waals surface area contributed by atoms with Crippen molar-refractivity contribution in [2.24, 2.45) is 17.6 Å². The van der Waals surface area contributed by atoms with Gasteiger partial charge in [-0.15, -0.1) is 0 Å². The number of nitrogens with one attached hydrogen (secondary N) is 1. The zero-order valence-electron chi connectivity index (χ0n) is 12.1. The molecule has 0 bridgehead atoms. The lowest BCUT2D eigenvalue weighted by Crippen LogP contribution is -2.45. The molecule has 19 heavy (non-hydrogen) atoms. The number of hydrogen-bond donors (Lipinski definition) is 2. The van der Waals surface area contributed by atoms with Crippen LogP contribution in [0.5, 0.6) is 0 Å². The second kappa shape index (κ2) is 7.25. The molecule has 110 valence electrons. The molecule has 1 aliphatic heterocycles. The maximum Gasteiger partial charge on any atom is 0.224 e. The van der Waals surface area contributed by atoms with Crippen LogP contribution in [0.25, 0.3) is 0 Å². The number of rotatable bonds is 4. The predicted octanol–water partition coefficient (Wildman–Crippen LogP) is 1.83. The summed E-state index contributed by atoms with van der Waals surface area (Å²) in [4.78, 5) is 12.2. The van der Waals surface area contributed by atoms with Gasteiger partial charge in [0.25, 0.3) is 0 Å². The van der Waals surface area contributed by atoms with Crippen molar-refractivity contribution in [3.05, 3.63) is 0 Å². The first-order valence-corrected chi connectivity index (χ1v) is 7.81. The van der Waals surface area contributed by atoms with Crippen LogP contribution in [0.2, 0.25) is 0 Å². The Hall–Kier alpha value is -0.610. The van der Waals surface area contributed by atoms with Gasteiger partial charge in [0.05, 0.1) is 12.0 Å². The van der Waals surface area contributed by atoms with Crippen LogP contribution in [-0.4, -0.2) is 31.2 Å². The van der Waals surface area contributed by atoms with Crippen LogP contribution >= 0.6 is 0 Å². The average Bonchev–Trinajstić information content (AvgIpc) is 2.42. The molecule has 1 heterocycles. The van der Waals surface area contributed by atoms with Crippen LogP contribution in [0, 0.1) is 11.8 Å². The number of carbonyl (C=O) groups excluding carboxylic acids is 1. The highest BCUT2D eigenvalue weighted by Gasteiger charge is 2.31. The number of amides is 1. The van der Waals surface area contributed by atoms with E-state index >= 15 is 0 Å². The molecule has 0 spiro atoms. The summed E-state index contributed by atoms with van der Waals surface area (Å²) in [6.45, 7) is 3.81. The van der Waals surface area contributed by atoms with E-state index < -0.39 is 0 Å². The van der Waals surface area contributed by atoms with Crippen LogP contribution in [-0.2, 0) is 9.53 Å². The average molecular weight is 268 g/mol. The SMILES string of the molecule is CC1CCC(N)C(C(=O)NCCC2CCCCO2)C1. The minimum atomic E-state index is 0.0102. The Morgan fingerprint density at radius 3 is 2.89 bits per heavy atom. The zero-order valence-corrected chi connectivity index (χ0v) is 12.1. The van der Waals surface area contributed by atoms with E-state index in [1.165, 1.54) is 12.8 Å². The fourth-order valence-corrected chi connectivity index (χ4v) is 3.23. The maximum absolute atomic E-state index is 12.2. The molecule has 0 aromatic heterocycles. The smallest absolute Gasteiger partial charge is 0.224 e. The molecule has 3 N–H and O–H groups in total. The van der Waals surface area contributed by atoms with Gasteiger partial charge >= 0.3 is 0 Å². The molecule has 1 saturated heterocycles. The summed E-state index contributed by atoms with van der Waals surface area (Å²) >= 11 is 0. The van der Waals surface area contributed by atoms with Gasteiger partial charge in [-0.2, -0.15) is 0 Å². The third-order valence-corrected chi connectivity index (χ3v) is 4.54. The van der Waals surface area contributed by atoms with Crippen LogP contribution in [0.4, 0.5) is 0 Å². The van der Waals surface area contributed by atoms with E-state index in [-0.39, 0.29) is 17.9 Å². The summed E-state index contributed by atoms with van der Waals surface area (Å²) in [6.07, 6.45) is 7.91. The van der Waals surface area contributed by atoms with E-state index in [0.29, 0.717) is 12.0 Å². The lowest BCUT2D eigenvalue weighted by Gasteiger charge is -2.31. The third-order valence-electron chi connectivity index (χ3n) is 4.54. The van der Waals surface area contributed by atoms with E-state index in [4.69, 9.17) is 10.5 Å². The summed E-state index contributed by atoms with van der Waals surface area (Å²) in [6, 6.07) is 0.0436. The van der Waals surface area contributed by atoms with Gasteiger partial charge in [0.2, 0.25) is 5.91 Å². The van der Waals surface area contributed by atoms with Crippen molar-refractivity contribution in [2.45, 2.75) is 64.0 Å². The van der Waals surface area contributed by atoms with Gasteiger partial charge in [-0.3, -0.25) is 4.79 Å². The quantitative estimate of drug-likeness (QED) is 0.817. The summed E-state index contributed by atoms with van der Waals surface area (Å²) in [5.74, 6) is 0.781. The molecule has 4 unspecified atom stereocenters. The van der Waals surface area contributed by atoms with Crippen molar-refractivity contribution in [3.8, 4) is 0 Å². The lowest BCUT2D eigenvalue weighted by molar-refractivity contribution is -0.127. The van der Waals surface area contributed by atoms with Crippen molar-refractivity contribution >= 4 is 5.91 Å². The van der Waals surface area contributed by atoms with E-state index in [2.05, 4.69) is 12.2 Å². The van der Waals surface area contributed by atoms with E-state index in [9.17, 15) is 4.79 Å². The first kappa shape index (κ1) is 14.8. The van der Waals surface area contributed by atoms with Crippen molar-refractivity contribution in [1.29, 1.82) is 0 Å². The zero-order chi connectivity index (χ0) is 13.7. The first-order valence-electron chi connectivity index (χ1n) is 7.81. The molecule has 4 nitrogen and oxygen atoms in total. The molecule has 2 rings (SSSR count). The fourth-order valence-electron chi connectivity index (χ4n) is 3.23. The largest absolute Gasteiger partial charge is 0.378 e. The minimum Gasteiger partial charge on any atom is -0.378 e. The van der Waals surface area contributed by atoms with Crippen LogP contribution in [0.1, 0.15) is 51.9 Å². The van der Waals surface area contributed by atoms with Gasteiger partial charge in [0.1, 0.15) is 0 Å². The maximum atomic E-state index is 12.2. The fraction of sp³-hybridized carbons (Fsp3) is 0.933. The third kappa shape index (κ3) is 4.46. The number of carbonyl (C=O) groups is 1. The Kier molecular flexibility index (Phi) is 5.64. The van der Waals surface area contributed by atoms with E-state index in [1.54, 1.807) is 0 Å². The molecular weight excluding hydrogens is 240 g/mol. The molecular formula is C15H28N2O2. The van der Waals surface area contributed by atoms with Crippen molar-refractivity contribution in [1.82, 2.24) is 5.32 Å². The van der Waals surface area contributed by atoms with Crippen molar-refractivity contribution in [2.75, 3.05) is 13.2 Å². The summed E-state index contributed by atoms with van der Waals surface area (Å²) in [5.41, 5.74) is 6.07. The van der Waals surface area contributed by atoms with E-state index in [1.807, 2.05) is 0 Å². The molecule has 0 aromatic carbocycles. The van der Waals surface area contributed by atoms with Crippen molar-refractivity contribution < 1.29 is 9.53 Å². The first-order chi connectivity index (χ1) is 9.16. The second-order valence-corrected chi connectivity index (χ2v) is 6.26. The molecule has 4 heteroatoms. The molecule has 0 radical (unpaired) electrons. The number of hydrogen-bond acceptors (Lipinski definition) is 3. The summed E-state index contributed by atoms with van der Waals surface area (Å²) in [5, 5.41) is 3.05. The Labute approximate surface area is 116 Å². The van der Waals surface area contributed by atoms with Gasteiger partial charge < -0.3 is 15.8 Å². The molecule has 1 amide bonds. The van der Waals surface area contributed by atoms with Gasteiger partial charge in [0.15, 0.2) is 0 Å². The summed E-state index contributed by atoms with van der Waals surface area (Å²) in [7, 11) is 0.